The molecule has 5 nitrogen and oxygen atoms in total. The molecule has 1 fully saturated rings. The molecule has 0 bridgehead atoms. The van der Waals surface area contributed by atoms with Crippen LogP contribution in [0.25, 0.3) is 0 Å². The van der Waals surface area contributed by atoms with Crippen LogP contribution >= 0.6 is 0 Å². The molecule has 0 aromatic heterocycles. The van der Waals surface area contributed by atoms with E-state index in [1.807, 2.05) is 0 Å². The van der Waals surface area contributed by atoms with Crippen LogP contribution in [0, 0.1) is 0 Å². The highest BCUT2D eigenvalue weighted by Gasteiger charge is 2.32. The summed E-state index contributed by atoms with van der Waals surface area (Å²) in [5, 5.41) is 12.7. The molecule has 9 heteroatoms. The second-order valence-corrected chi connectivity index (χ2v) is 6.44. The predicted molar refractivity (Wildman–Crippen MR) is 59.5 cm³/mol. The first kappa shape index (κ1) is 15.7. The van der Waals surface area contributed by atoms with Crippen LogP contribution in [0.1, 0.15) is 19.3 Å². The van der Waals surface area contributed by atoms with Crippen molar-refractivity contribution in [1.82, 2.24) is 10.0 Å². The lowest BCUT2D eigenvalue weighted by atomic mass is 10.1. The number of hydrogen-bond donors (Lipinski definition) is 3. The van der Waals surface area contributed by atoms with E-state index in [9.17, 15) is 26.7 Å². The molecule has 0 aromatic rings. The van der Waals surface area contributed by atoms with Gasteiger partial charge in [0.2, 0.25) is 10.0 Å². The molecule has 1 aliphatic heterocycles. The summed E-state index contributed by atoms with van der Waals surface area (Å²) in [4.78, 5) is 0. The second-order valence-electron chi connectivity index (χ2n) is 4.51. The Morgan fingerprint density at radius 3 is 2.56 bits per heavy atom. The van der Waals surface area contributed by atoms with Crippen molar-refractivity contribution < 1.29 is 26.7 Å². The van der Waals surface area contributed by atoms with E-state index in [0.717, 1.165) is 0 Å². The minimum atomic E-state index is -4.34. The zero-order valence-corrected chi connectivity index (χ0v) is 10.6. The van der Waals surface area contributed by atoms with Crippen LogP contribution in [0.5, 0.6) is 0 Å². The van der Waals surface area contributed by atoms with Crippen LogP contribution in [0.2, 0.25) is 0 Å². The summed E-state index contributed by atoms with van der Waals surface area (Å²) < 4.78 is 60.5. The Balaban J connectivity index is 2.31. The number of aliphatic hydroxyl groups is 1. The number of β-amino-alcohol motifs (C(OH)–C–C–N with tert-alkyl or cyclic N) is 1. The molecule has 1 heterocycles. The molecule has 0 aromatic carbocycles. The van der Waals surface area contributed by atoms with Gasteiger partial charge in [-0.05, 0) is 19.4 Å². The predicted octanol–water partition coefficient (Wildman–Crippen LogP) is -0.0273. The summed E-state index contributed by atoms with van der Waals surface area (Å²) in [6.07, 6.45) is -5.53. The van der Waals surface area contributed by atoms with E-state index >= 15 is 0 Å². The Morgan fingerprint density at radius 1 is 1.39 bits per heavy atom. The highest BCUT2D eigenvalue weighted by molar-refractivity contribution is 7.89. The summed E-state index contributed by atoms with van der Waals surface area (Å²) in [5.41, 5.74) is -1.14. The van der Waals surface area contributed by atoms with Crippen molar-refractivity contribution in [2.75, 3.05) is 25.4 Å². The molecule has 0 amide bonds. The smallest absolute Gasteiger partial charge is 0.387 e. The molecule has 1 aliphatic rings. The molecule has 0 saturated carbocycles. The lowest BCUT2D eigenvalue weighted by Gasteiger charge is -2.21. The molecule has 3 N–H and O–H groups in total. The largest absolute Gasteiger partial charge is 0.389 e. The fraction of sp³-hybridized carbons (Fsp3) is 1.00. The highest BCUT2D eigenvalue weighted by atomic mass is 32.2. The summed E-state index contributed by atoms with van der Waals surface area (Å²) in [7, 11) is -3.77. The third-order valence-corrected chi connectivity index (χ3v) is 4.13. The molecule has 0 aliphatic carbocycles. The maximum atomic E-state index is 11.9. The minimum absolute atomic E-state index is 0.172. The van der Waals surface area contributed by atoms with Gasteiger partial charge >= 0.3 is 6.18 Å². The summed E-state index contributed by atoms with van der Waals surface area (Å²) in [6.45, 7) is 0.693. The van der Waals surface area contributed by atoms with Crippen molar-refractivity contribution in [3.8, 4) is 0 Å². The fourth-order valence-electron chi connectivity index (χ4n) is 1.66. The van der Waals surface area contributed by atoms with Crippen molar-refractivity contribution in [2.45, 2.75) is 31.0 Å². The van der Waals surface area contributed by atoms with Gasteiger partial charge in [-0.15, -0.1) is 0 Å². The molecule has 1 atom stereocenters. The average Bonchev–Trinajstić information content (AvgIpc) is 2.61. The van der Waals surface area contributed by atoms with Gasteiger partial charge in [0.25, 0.3) is 0 Å². The Hall–Kier alpha value is -0.380. The van der Waals surface area contributed by atoms with Crippen molar-refractivity contribution in [2.24, 2.45) is 0 Å². The third kappa shape index (κ3) is 5.98. The Bertz CT molecular complexity index is 364. The van der Waals surface area contributed by atoms with E-state index in [1.165, 1.54) is 0 Å². The maximum absolute atomic E-state index is 11.9. The second kappa shape index (κ2) is 5.72. The van der Waals surface area contributed by atoms with Crippen LogP contribution in [0.3, 0.4) is 0 Å². The highest BCUT2D eigenvalue weighted by Crippen LogP contribution is 2.21. The average molecular weight is 290 g/mol. The van der Waals surface area contributed by atoms with Gasteiger partial charge in [-0.1, -0.05) is 0 Å². The van der Waals surface area contributed by atoms with Gasteiger partial charge in [0.15, 0.2) is 0 Å². The fourth-order valence-corrected chi connectivity index (χ4v) is 2.82. The van der Waals surface area contributed by atoms with E-state index in [1.54, 1.807) is 0 Å². The summed E-state index contributed by atoms with van der Waals surface area (Å²) >= 11 is 0. The topological polar surface area (TPSA) is 78.4 Å². The molecular weight excluding hydrogens is 273 g/mol. The molecule has 1 saturated heterocycles. The molecule has 1 rings (SSSR count). The van der Waals surface area contributed by atoms with Gasteiger partial charge in [0.05, 0.1) is 11.4 Å². The van der Waals surface area contributed by atoms with Crippen LogP contribution < -0.4 is 10.0 Å². The van der Waals surface area contributed by atoms with Gasteiger partial charge in [-0.3, -0.25) is 0 Å². The third-order valence-electron chi connectivity index (χ3n) is 2.72. The maximum Gasteiger partial charge on any atom is 0.389 e. The number of nitrogens with one attached hydrogen (secondary N) is 2. The number of hydrogen-bond acceptors (Lipinski definition) is 4. The van der Waals surface area contributed by atoms with Crippen molar-refractivity contribution >= 4 is 10.0 Å². The van der Waals surface area contributed by atoms with E-state index in [2.05, 4.69) is 10.0 Å². The van der Waals surface area contributed by atoms with E-state index in [0.29, 0.717) is 13.0 Å². The Morgan fingerprint density at radius 2 is 2.06 bits per heavy atom. The SMILES string of the molecule is O=S(=O)(CCCC(F)(F)F)NCC1(O)CCNC1. The molecule has 1 unspecified atom stereocenters. The van der Waals surface area contributed by atoms with Gasteiger partial charge in [-0.2, -0.15) is 13.2 Å². The summed E-state index contributed by atoms with van der Waals surface area (Å²) in [6, 6.07) is 0. The van der Waals surface area contributed by atoms with Crippen molar-refractivity contribution in [1.29, 1.82) is 0 Å². The van der Waals surface area contributed by atoms with E-state index in [-0.39, 0.29) is 13.1 Å². The van der Waals surface area contributed by atoms with Gasteiger partial charge in [0.1, 0.15) is 0 Å². The van der Waals surface area contributed by atoms with Crippen LogP contribution in [0.4, 0.5) is 13.2 Å². The number of rotatable bonds is 6. The first-order valence-electron chi connectivity index (χ1n) is 5.59. The molecule has 0 radical (unpaired) electrons. The first-order valence-corrected chi connectivity index (χ1v) is 7.24. The number of halogens is 3. The Labute approximate surface area is 104 Å². The zero-order chi connectivity index (χ0) is 13.9. The van der Waals surface area contributed by atoms with E-state index in [4.69, 9.17) is 0 Å². The number of alkyl halides is 3. The first-order chi connectivity index (χ1) is 8.12. The monoisotopic (exact) mass is 290 g/mol. The lowest BCUT2D eigenvalue weighted by Crippen LogP contribution is -2.45. The lowest BCUT2D eigenvalue weighted by molar-refractivity contribution is -0.134. The number of sulfonamides is 1. The van der Waals surface area contributed by atoms with Crippen molar-refractivity contribution in [3.63, 3.8) is 0 Å². The van der Waals surface area contributed by atoms with Crippen LogP contribution in [-0.2, 0) is 10.0 Å². The molecule has 0 spiro atoms. The molecule has 108 valence electrons. The van der Waals surface area contributed by atoms with Crippen LogP contribution in [0.15, 0.2) is 0 Å². The van der Waals surface area contributed by atoms with E-state index < -0.39 is 40.4 Å². The Kier molecular flexibility index (Phi) is 4.98. The minimum Gasteiger partial charge on any atom is -0.387 e. The summed E-state index contributed by atoms with van der Waals surface area (Å²) in [5.74, 6) is -0.587. The standard InChI is InChI=1S/C9H17F3N2O3S/c10-9(11,12)2-1-5-18(16,17)14-7-8(15)3-4-13-6-8/h13-15H,1-7H2. The normalized spacial score (nSPS) is 25.6. The van der Waals surface area contributed by atoms with Crippen molar-refractivity contribution in [3.05, 3.63) is 0 Å². The molecule has 18 heavy (non-hydrogen) atoms. The quantitative estimate of drug-likeness (QED) is 0.642. The zero-order valence-electron chi connectivity index (χ0n) is 9.76. The van der Waals surface area contributed by atoms with Crippen LogP contribution in [-0.4, -0.2) is 50.7 Å². The molecular formula is C9H17F3N2O3S. The van der Waals surface area contributed by atoms with Gasteiger partial charge < -0.3 is 10.4 Å². The van der Waals surface area contributed by atoms with Gasteiger partial charge in [0, 0.05) is 19.5 Å². The van der Waals surface area contributed by atoms with Gasteiger partial charge in [-0.25, -0.2) is 13.1 Å².